The van der Waals surface area contributed by atoms with Crippen molar-refractivity contribution in [1.82, 2.24) is 4.98 Å². The zero-order chi connectivity index (χ0) is 12.5. The maximum Gasteiger partial charge on any atom is 0.146 e. The van der Waals surface area contributed by atoms with Crippen molar-refractivity contribution in [3.63, 3.8) is 0 Å². The summed E-state index contributed by atoms with van der Waals surface area (Å²) in [6.07, 6.45) is 3.39. The number of hydrogen-bond acceptors (Lipinski definition) is 4. The van der Waals surface area contributed by atoms with Crippen molar-refractivity contribution in [3.05, 3.63) is 60.3 Å². The molecule has 0 atom stereocenters. The normalized spacial score (nSPS) is 10.7. The summed E-state index contributed by atoms with van der Waals surface area (Å²) in [6.45, 7) is 1.06. The van der Waals surface area contributed by atoms with E-state index in [0.29, 0.717) is 13.2 Å². The number of aromatic nitrogens is 1. The molecule has 0 spiro atoms. The third-order valence-electron chi connectivity index (χ3n) is 2.24. The molecule has 18 heavy (non-hydrogen) atoms. The van der Waals surface area contributed by atoms with Crippen molar-refractivity contribution >= 4 is 12.0 Å². The van der Waals surface area contributed by atoms with Gasteiger partial charge >= 0.3 is 0 Å². The lowest BCUT2D eigenvalue weighted by Gasteiger charge is -2.01. The lowest BCUT2D eigenvalue weighted by Crippen LogP contribution is -1.99. The molecule has 0 unspecified atom stereocenters. The van der Waals surface area contributed by atoms with Gasteiger partial charge < -0.3 is 4.74 Å². The molecule has 0 aliphatic heterocycles. The zero-order valence-electron chi connectivity index (χ0n) is 9.99. The first kappa shape index (κ1) is 12.3. The molecular weight excluding hydrogens is 226 g/mol. The zero-order valence-corrected chi connectivity index (χ0v) is 9.99. The van der Waals surface area contributed by atoms with Gasteiger partial charge in [-0.3, -0.25) is 5.43 Å². The van der Waals surface area contributed by atoms with Crippen molar-refractivity contribution < 1.29 is 4.74 Å². The van der Waals surface area contributed by atoms with Crippen LogP contribution in [0.25, 0.3) is 0 Å². The maximum atomic E-state index is 5.45. The van der Waals surface area contributed by atoms with Crippen molar-refractivity contribution in [2.45, 2.75) is 6.61 Å². The highest BCUT2D eigenvalue weighted by Crippen LogP contribution is 2.00. The monoisotopic (exact) mass is 241 g/mol. The van der Waals surface area contributed by atoms with Gasteiger partial charge in [-0.15, -0.1) is 0 Å². The lowest BCUT2D eigenvalue weighted by atomic mass is 10.2. The quantitative estimate of drug-likeness (QED) is 0.480. The van der Waals surface area contributed by atoms with Crippen molar-refractivity contribution in [2.24, 2.45) is 5.10 Å². The van der Waals surface area contributed by atoms with Crippen molar-refractivity contribution in [2.75, 3.05) is 12.0 Å². The Morgan fingerprint density at radius 2 is 1.94 bits per heavy atom. The molecule has 0 aliphatic rings. The second-order valence-corrected chi connectivity index (χ2v) is 3.64. The van der Waals surface area contributed by atoms with E-state index in [9.17, 15) is 0 Å². The van der Waals surface area contributed by atoms with Crippen LogP contribution >= 0.6 is 0 Å². The van der Waals surface area contributed by atoms with E-state index >= 15 is 0 Å². The van der Waals surface area contributed by atoms with E-state index in [2.05, 4.69) is 15.5 Å². The van der Waals surface area contributed by atoms with E-state index in [1.54, 1.807) is 12.4 Å². The number of pyridine rings is 1. The van der Waals surface area contributed by atoms with E-state index in [1.807, 2.05) is 48.5 Å². The molecule has 0 bridgehead atoms. The highest BCUT2D eigenvalue weighted by Gasteiger charge is 1.89. The number of hydrogen-bond donors (Lipinski definition) is 1. The first-order chi connectivity index (χ1) is 8.95. The van der Waals surface area contributed by atoms with Crippen LogP contribution in [0.4, 0.5) is 5.82 Å². The van der Waals surface area contributed by atoms with Crippen LogP contribution in [-0.2, 0) is 11.3 Å². The second kappa shape index (κ2) is 7.19. The van der Waals surface area contributed by atoms with Crippen LogP contribution in [0.5, 0.6) is 0 Å². The van der Waals surface area contributed by atoms with E-state index in [-0.39, 0.29) is 0 Å². The lowest BCUT2D eigenvalue weighted by molar-refractivity contribution is 0.160. The minimum absolute atomic E-state index is 0.467. The Bertz CT molecular complexity index is 471. The second-order valence-electron chi connectivity index (χ2n) is 3.64. The third kappa shape index (κ3) is 4.35. The summed E-state index contributed by atoms with van der Waals surface area (Å²) in [4.78, 5) is 4.08. The van der Waals surface area contributed by atoms with Crippen LogP contribution in [0.15, 0.2) is 59.8 Å². The van der Waals surface area contributed by atoms with Crippen molar-refractivity contribution in [1.29, 1.82) is 0 Å². The van der Waals surface area contributed by atoms with Gasteiger partial charge in [0.05, 0.1) is 19.4 Å². The van der Waals surface area contributed by atoms with Crippen LogP contribution in [0.1, 0.15) is 5.56 Å². The number of nitrogens with one attached hydrogen (secondary N) is 1. The summed E-state index contributed by atoms with van der Waals surface area (Å²) in [5.41, 5.74) is 3.98. The van der Waals surface area contributed by atoms with Gasteiger partial charge in [0.25, 0.3) is 0 Å². The molecule has 2 rings (SSSR count). The number of rotatable bonds is 6. The van der Waals surface area contributed by atoms with Gasteiger partial charge in [0.1, 0.15) is 5.82 Å². The Hall–Kier alpha value is -2.20. The summed E-state index contributed by atoms with van der Waals surface area (Å²) >= 11 is 0. The standard InChI is InChI=1S/C14H15N3O/c1-2-6-13(7-3-1)12-18-11-10-16-17-14-8-4-5-9-15-14/h1-10H,11-12H2,(H,15,17). The Morgan fingerprint density at radius 3 is 2.72 bits per heavy atom. The van der Waals surface area contributed by atoms with Crippen LogP contribution < -0.4 is 5.43 Å². The molecule has 0 saturated heterocycles. The highest BCUT2D eigenvalue weighted by atomic mass is 16.5. The number of benzene rings is 1. The number of ether oxygens (including phenoxy) is 1. The van der Waals surface area contributed by atoms with Crippen LogP contribution in [-0.4, -0.2) is 17.8 Å². The smallest absolute Gasteiger partial charge is 0.146 e. The number of hydrazone groups is 1. The molecule has 92 valence electrons. The van der Waals surface area contributed by atoms with Gasteiger partial charge in [-0.1, -0.05) is 36.4 Å². The summed E-state index contributed by atoms with van der Waals surface area (Å²) in [6, 6.07) is 15.6. The number of nitrogens with zero attached hydrogens (tertiary/aromatic N) is 2. The summed E-state index contributed by atoms with van der Waals surface area (Å²) < 4.78 is 5.45. The largest absolute Gasteiger partial charge is 0.371 e. The van der Waals surface area contributed by atoms with Crippen molar-refractivity contribution in [3.8, 4) is 0 Å². The summed E-state index contributed by atoms with van der Waals surface area (Å²) in [5, 5.41) is 4.01. The molecular formula is C14H15N3O. The molecule has 0 saturated carbocycles. The molecule has 1 heterocycles. The molecule has 1 aromatic carbocycles. The molecule has 0 radical (unpaired) electrons. The van der Waals surface area contributed by atoms with Gasteiger partial charge in [0, 0.05) is 6.20 Å². The van der Waals surface area contributed by atoms with Gasteiger partial charge in [-0.05, 0) is 17.7 Å². The Balaban J connectivity index is 1.64. The van der Waals surface area contributed by atoms with E-state index in [4.69, 9.17) is 4.74 Å². The fraction of sp³-hybridized carbons (Fsp3) is 0.143. The average molecular weight is 241 g/mol. The molecule has 0 aliphatic carbocycles. The number of anilines is 1. The van der Waals surface area contributed by atoms with Crippen LogP contribution in [0, 0.1) is 0 Å². The SMILES string of the molecule is C(COCc1ccccc1)=NNc1ccccn1. The molecule has 1 N–H and O–H groups in total. The molecule has 1 aromatic heterocycles. The molecule has 0 amide bonds. The topological polar surface area (TPSA) is 46.5 Å². The molecule has 0 fully saturated rings. The molecule has 2 aromatic rings. The van der Waals surface area contributed by atoms with E-state index < -0.39 is 0 Å². The highest BCUT2D eigenvalue weighted by molar-refractivity contribution is 5.59. The van der Waals surface area contributed by atoms with Gasteiger partial charge in [-0.2, -0.15) is 5.10 Å². The van der Waals surface area contributed by atoms with Gasteiger partial charge in [0.15, 0.2) is 0 Å². The fourth-order valence-electron chi connectivity index (χ4n) is 1.38. The summed E-state index contributed by atoms with van der Waals surface area (Å²) in [5.74, 6) is 0.719. The first-order valence-electron chi connectivity index (χ1n) is 5.75. The predicted molar refractivity (Wildman–Crippen MR) is 72.4 cm³/mol. The molecule has 4 heteroatoms. The third-order valence-corrected chi connectivity index (χ3v) is 2.24. The van der Waals surface area contributed by atoms with Gasteiger partial charge in [0.2, 0.25) is 0 Å². The molecule has 4 nitrogen and oxygen atoms in total. The van der Waals surface area contributed by atoms with E-state index in [1.165, 1.54) is 0 Å². The predicted octanol–water partition coefficient (Wildman–Crippen LogP) is 2.70. The Labute approximate surface area is 106 Å². The van der Waals surface area contributed by atoms with Crippen LogP contribution in [0.2, 0.25) is 0 Å². The minimum Gasteiger partial charge on any atom is -0.371 e. The maximum absolute atomic E-state index is 5.45. The minimum atomic E-state index is 0.467. The van der Waals surface area contributed by atoms with Gasteiger partial charge in [-0.25, -0.2) is 4.98 Å². The first-order valence-corrected chi connectivity index (χ1v) is 5.75. The fourth-order valence-corrected chi connectivity index (χ4v) is 1.38. The van der Waals surface area contributed by atoms with Crippen LogP contribution in [0.3, 0.4) is 0 Å². The summed E-state index contributed by atoms with van der Waals surface area (Å²) in [7, 11) is 0. The Kier molecular flexibility index (Phi) is 4.90. The van der Waals surface area contributed by atoms with E-state index in [0.717, 1.165) is 11.4 Å². The Morgan fingerprint density at radius 1 is 1.11 bits per heavy atom. The average Bonchev–Trinajstić information content (AvgIpc) is 2.45.